The molecule has 0 radical (unpaired) electrons. The van der Waals surface area contributed by atoms with Gasteiger partial charge in [0.2, 0.25) is 0 Å². The monoisotopic (exact) mass is 441 g/mol. The van der Waals surface area contributed by atoms with Crippen molar-refractivity contribution in [1.29, 1.82) is 0 Å². The molecule has 0 aliphatic carbocycles. The van der Waals surface area contributed by atoms with Gasteiger partial charge in [-0.3, -0.25) is 9.59 Å². The van der Waals surface area contributed by atoms with Crippen LogP contribution in [-0.2, 0) is 0 Å². The van der Waals surface area contributed by atoms with Crippen molar-refractivity contribution in [2.45, 2.75) is 32.7 Å². The lowest BCUT2D eigenvalue weighted by molar-refractivity contribution is 0.0952. The quantitative estimate of drug-likeness (QED) is 0.599. The first-order valence-electron chi connectivity index (χ1n) is 9.44. The fraction of sp³-hybridized carbons (Fsp3) is 0.450. The molecule has 0 saturated carbocycles. The molecule has 1 aliphatic heterocycles. The average molecular weight is 442 g/mol. The smallest absolute Gasteiger partial charge is 0.263 e. The van der Waals surface area contributed by atoms with Crippen LogP contribution in [0, 0.1) is 13.8 Å². The van der Waals surface area contributed by atoms with Crippen LogP contribution in [0.4, 0.5) is 5.82 Å². The molecule has 0 unspecified atom stereocenters. The van der Waals surface area contributed by atoms with Crippen LogP contribution in [0.3, 0.4) is 0 Å². The van der Waals surface area contributed by atoms with E-state index in [1.54, 1.807) is 17.7 Å². The van der Waals surface area contributed by atoms with E-state index in [1.807, 2.05) is 31.3 Å². The number of piperidine rings is 1. The number of pyridine rings is 2. The Labute approximate surface area is 183 Å². The lowest BCUT2D eigenvalue weighted by Crippen LogP contribution is -2.39. The van der Waals surface area contributed by atoms with Crippen LogP contribution in [0.15, 0.2) is 35.4 Å². The molecule has 2 aromatic rings. The van der Waals surface area contributed by atoms with Gasteiger partial charge in [0.15, 0.2) is 0 Å². The molecule has 1 fully saturated rings. The Hall–Kier alpha value is -2.09. The number of aromatic nitrogens is 2. The first-order chi connectivity index (χ1) is 13.1. The molecule has 9 heteroatoms. The van der Waals surface area contributed by atoms with Crippen molar-refractivity contribution < 1.29 is 4.79 Å². The molecule has 29 heavy (non-hydrogen) atoms. The molecule has 0 spiro atoms. The second-order valence-electron chi connectivity index (χ2n) is 6.92. The van der Waals surface area contributed by atoms with E-state index >= 15 is 0 Å². The van der Waals surface area contributed by atoms with Gasteiger partial charge in [0, 0.05) is 31.5 Å². The topological polar surface area (TPSA) is 88.1 Å². The Morgan fingerprint density at radius 2 is 1.90 bits per heavy atom. The summed E-state index contributed by atoms with van der Waals surface area (Å²) in [6, 6.07) is 5.87. The maximum Gasteiger partial charge on any atom is 0.263 e. The van der Waals surface area contributed by atoms with Crippen molar-refractivity contribution in [1.82, 2.24) is 20.2 Å². The Morgan fingerprint density at radius 3 is 2.59 bits per heavy atom. The van der Waals surface area contributed by atoms with Crippen molar-refractivity contribution in [2.24, 2.45) is 0 Å². The van der Waals surface area contributed by atoms with E-state index in [-0.39, 0.29) is 47.9 Å². The number of carbonyl (C=O) groups is 1. The largest absolute Gasteiger partial charge is 0.368 e. The maximum absolute atomic E-state index is 12.9. The van der Waals surface area contributed by atoms with Crippen LogP contribution < -0.4 is 21.5 Å². The van der Waals surface area contributed by atoms with Crippen molar-refractivity contribution in [3.05, 3.63) is 57.6 Å². The summed E-state index contributed by atoms with van der Waals surface area (Å²) in [5.41, 5.74) is 1.79. The van der Waals surface area contributed by atoms with Crippen LogP contribution in [0.5, 0.6) is 0 Å². The summed E-state index contributed by atoms with van der Waals surface area (Å²) >= 11 is 0. The third kappa shape index (κ3) is 6.19. The lowest BCUT2D eigenvalue weighted by atomic mass is 10.0. The minimum Gasteiger partial charge on any atom is -0.368 e. The Morgan fingerprint density at radius 1 is 1.17 bits per heavy atom. The van der Waals surface area contributed by atoms with E-state index in [2.05, 4.69) is 20.9 Å². The third-order valence-corrected chi connectivity index (χ3v) is 4.97. The summed E-state index contributed by atoms with van der Waals surface area (Å²) < 4.78 is 1.72. The zero-order valence-electron chi connectivity index (χ0n) is 16.7. The summed E-state index contributed by atoms with van der Waals surface area (Å²) in [5.74, 6) is 0.483. The number of halogens is 2. The predicted molar refractivity (Wildman–Crippen MR) is 121 cm³/mol. The van der Waals surface area contributed by atoms with Gasteiger partial charge in [-0.25, -0.2) is 4.98 Å². The highest BCUT2D eigenvalue weighted by Crippen LogP contribution is 2.17. The van der Waals surface area contributed by atoms with E-state index in [0.29, 0.717) is 18.7 Å². The molecule has 2 aromatic heterocycles. The van der Waals surface area contributed by atoms with Gasteiger partial charge in [-0.2, -0.15) is 0 Å². The van der Waals surface area contributed by atoms with Crippen molar-refractivity contribution >= 4 is 36.5 Å². The minimum atomic E-state index is -0.319. The van der Waals surface area contributed by atoms with E-state index in [9.17, 15) is 9.59 Å². The number of nitrogens with one attached hydrogen (secondary N) is 3. The van der Waals surface area contributed by atoms with E-state index < -0.39 is 0 Å². The molecule has 3 rings (SSSR count). The molecule has 160 valence electrons. The molecule has 0 aromatic carbocycles. The molecule has 0 bridgehead atoms. The molecule has 0 atom stereocenters. The normalized spacial score (nSPS) is 13.7. The van der Waals surface area contributed by atoms with Gasteiger partial charge < -0.3 is 20.5 Å². The van der Waals surface area contributed by atoms with Crippen molar-refractivity contribution in [3.8, 4) is 0 Å². The van der Waals surface area contributed by atoms with Crippen molar-refractivity contribution in [2.75, 3.05) is 31.5 Å². The maximum atomic E-state index is 12.9. The number of carbonyl (C=O) groups excluding carboxylic acids is 1. The zero-order valence-corrected chi connectivity index (χ0v) is 18.4. The average Bonchev–Trinajstić information content (AvgIpc) is 2.67. The summed E-state index contributed by atoms with van der Waals surface area (Å²) in [5, 5.41) is 9.34. The van der Waals surface area contributed by atoms with Gasteiger partial charge in [-0.15, -0.1) is 24.8 Å². The molecular weight excluding hydrogens is 413 g/mol. The fourth-order valence-corrected chi connectivity index (χ4v) is 3.41. The van der Waals surface area contributed by atoms with Crippen LogP contribution in [0.25, 0.3) is 0 Å². The molecule has 1 aliphatic rings. The number of rotatable bonds is 6. The summed E-state index contributed by atoms with van der Waals surface area (Å²) in [6.45, 7) is 6.52. The summed E-state index contributed by atoms with van der Waals surface area (Å²) in [4.78, 5) is 29.8. The molecule has 1 saturated heterocycles. The molecule has 3 heterocycles. The van der Waals surface area contributed by atoms with E-state index in [0.717, 1.165) is 37.3 Å². The first-order valence-corrected chi connectivity index (χ1v) is 9.44. The summed E-state index contributed by atoms with van der Waals surface area (Å²) in [7, 11) is 0. The van der Waals surface area contributed by atoms with Crippen LogP contribution in [0.1, 0.15) is 40.4 Å². The van der Waals surface area contributed by atoms with Gasteiger partial charge in [0.1, 0.15) is 11.4 Å². The SMILES string of the molecule is Cc1cccnc1NCCNC(=O)c1c(C)ccn(C2CCNCC2)c1=O.Cl.Cl. The molecular formula is C20H29Cl2N5O2. The highest BCUT2D eigenvalue weighted by atomic mass is 35.5. The number of amides is 1. The third-order valence-electron chi connectivity index (χ3n) is 4.97. The van der Waals surface area contributed by atoms with Gasteiger partial charge in [-0.1, -0.05) is 6.07 Å². The number of hydrogen-bond acceptors (Lipinski definition) is 5. The van der Waals surface area contributed by atoms with Gasteiger partial charge >= 0.3 is 0 Å². The van der Waals surface area contributed by atoms with Crippen molar-refractivity contribution in [3.63, 3.8) is 0 Å². The van der Waals surface area contributed by atoms with E-state index in [1.165, 1.54) is 0 Å². The molecule has 7 nitrogen and oxygen atoms in total. The Kier molecular flexibility index (Phi) is 10.2. The highest BCUT2D eigenvalue weighted by molar-refractivity contribution is 5.95. The predicted octanol–water partition coefficient (Wildman–Crippen LogP) is 2.47. The Balaban J connectivity index is 0.00000210. The number of aryl methyl sites for hydroxylation is 2. The summed E-state index contributed by atoms with van der Waals surface area (Å²) in [6.07, 6.45) is 5.34. The second kappa shape index (κ2) is 11.8. The minimum absolute atomic E-state index is 0. The molecule has 1 amide bonds. The fourth-order valence-electron chi connectivity index (χ4n) is 3.41. The highest BCUT2D eigenvalue weighted by Gasteiger charge is 2.21. The second-order valence-corrected chi connectivity index (χ2v) is 6.92. The number of nitrogens with zero attached hydrogens (tertiary/aromatic N) is 2. The van der Waals surface area contributed by atoms with Crippen LogP contribution in [0.2, 0.25) is 0 Å². The van der Waals surface area contributed by atoms with Crippen LogP contribution >= 0.6 is 24.8 Å². The van der Waals surface area contributed by atoms with Gasteiger partial charge in [0.05, 0.1) is 0 Å². The van der Waals surface area contributed by atoms with Gasteiger partial charge in [-0.05, 0) is 63.0 Å². The number of anilines is 1. The number of hydrogen-bond donors (Lipinski definition) is 3. The lowest BCUT2D eigenvalue weighted by Gasteiger charge is -2.25. The molecule has 3 N–H and O–H groups in total. The first kappa shape index (κ1) is 24.9. The van der Waals surface area contributed by atoms with Gasteiger partial charge in [0.25, 0.3) is 11.5 Å². The van der Waals surface area contributed by atoms with Crippen LogP contribution in [-0.4, -0.2) is 41.6 Å². The Bertz CT molecular complexity index is 866. The standard InChI is InChI=1S/C20H27N5O2.2ClH/c1-14-7-13-25(16-5-9-21-10-6-16)20(27)17(14)19(26)24-12-11-23-18-15(2)4-3-8-22-18;;/h3-4,7-8,13,16,21H,5-6,9-12H2,1-2H3,(H,22,23)(H,24,26);2*1H. The van der Waals surface area contributed by atoms with E-state index in [4.69, 9.17) is 0 Å². The zero-order chi connectivity index (χ0) is 19.2.